The highest BCUT2D eigenvalue weighted by atomic mass is 16.3. The number of rotatable bonds is 4. The molecular formula is C16H23N3O2. The summed E-state index contributed by atoms with van der Waals surface area (Å²) >= 11 is 0. The fraction of sp³-hybridized carbons (Fsp3) is 0.562. The molecule has 1 aromatic rings. The van der Waals surface area contributed by atoms with Gasteiger partial charge in [0.15, 0.2) is 0 Å². The van der Waals surface area contributed by atoms with Crippen LogP contribution in [0.25, 0.3) is 0 Å². The van der Waals surface area contributed by atoms with E-state index in [1.165, 1.54) is 11.1 Å². The lowest BCUT2D eigenvalue weighted by atomic mass is 10.0. The van der Waals surface area contributed by atoms with Gasteiger partial charge in [-0.3, -0.25) is 9.69 Å². The topological polar surface area (TPSA) is 64.6 Å². The molecule has 0 aliphatic carbocycles. The summed E-state index contributed by atoms with van der Waals surface area (Å²) in [7, 11) is 0. The van der Waals surface area contributed by atoms with Crippen LogP contribution in [-0.4, -0.2) is 47.7 Å². The molecule has 1 aromatic carbocycles. The van der Waals surface area contributed by atoms with Crippen LogP contribution in [0.2, 0.25) is 0 Å². The third kappa shape index (κ3) is 3.61. The van der Waals surface area contributed by atoms with Crippen LogP contribution in [0.3, 0.4) is 0 Å². The second-order valence-electron chi connectivity index (χ2n) is 5.96. The number of hydrogen-bond acceptors (Lipinski definition) is 4. The molecule has 0 bridgehead atoms. The first-order chi connectivity index (χ1) is 10.2. The number of aliphatic hydroxyl groups excluding tert-OH is 1. The number of hydrogen-bond donors (Lipinski definition) is 3. The van der Waals surface area contributed by atoms with Crippen molar-refractivity contribution in [3.63, 3.8) is 0 Å². The molecule has 0 unspecified atom stereocenters. The maximum Gasteiger partial charge on any atom is 0.221 e. The van der Waals surface area contributed by atoms with Gasteiger partial charge in [-0.15, -0.1) is 0 Å². The van der Waals surface area contributed by atoms with Crippen LogP contribution in [0.1, 0.15) is 24.0 Å². The highest BCUT2D eigenvalue weighted by Crippen LogP contribution is 2.21. The number of fused-ring (bicyclic) bond motifs is 1. The molecule has 1 saturated heterocycles. The summed E-state index contributed by atoms with van der Waals surface area (Å²) in [5.41, 5.74) is 2.73. The monoisotopic (exact) mass is 289 g/mol. The van der Waals surface area contributed by atoms with Crippen LogP contribution in [0.5, 0.6) is 0 Å². The van der Waals surface area contributed by atoms with E-state index in [2.05, 4.69) is 39.8 Å². The third-order valence-electron chi connectivity index (χ3n) is 4.36. The van der Waals surface area contributed by atoms with E-state index in [1.807, 2.05) is 0 Å². The zero-order chi connectivity index (χ0) is 14.7. The van der Waals surface area contributed by atoms with Gasteiger partial charge in [0, 0.05) is 32.6 Å². The van der Waals surface area contributed by atoms with Gasteiger partial charge < -0.3 is 15.7 Å². The molecule has 5 heteroatoms. The van der Waals surface area contributed by atoms with E-state index in [0.29, 0.717) is 13.0 Å². The molecular weight excluding hydrogens is 266 g/mol. The van der Waals surface area contributed by atoms with Crippen molar-refractivity contribution in [3.8, 4) is 0 Å². The molecule has 0 spiro atoms. The number of carbonyl (C=O) groups is 1. The smallest absolute Gasteiger partial charge is 0.221 e. The fourth-order valence-electron chi connectivity index (χ4n) is 3.11. The molecule has 2 atom stereocenters. The van der Waals surface area contributed by atoms with E-state index in [0.717, 1.165) is 32.6 Å². The first-order valence-corrected chi connectivity index (χ1v) is 7.69. The summed E-state index contributed by atoms with van der Waals surface area (Å²) in [5, 5.41) is 15.9. The SMILES string of the molecule is O=C(CCN1Cc2ccccc2C1)N[C@@H]1CCNC[C@H]1O. The summed E-state index contributed by atoms with van der Waals surface area (Å²) in [6, 6.07) is 8.33. The second-order valence-corrected chi connectivity index (χ2v) is 5.96. The minimum absolute atomic E-state index is 0.0388. The lowest BCUT2D eigenvalue weighted by Gasteiger charge is -2.29. The summed E-state index contributed by atoms with van der Waals surface area (Å²) in [6.07, 6.45) is 0.811. The molecule has 3 N–H and O–H groups in total. The van der Waals surface area contributed by atoms with Gasteiger partial charge in [0.1, 0.15) is 0 Å². The lowest BCUT2D eigenvalue weighted by molar-refractivity contribution is -0.123. The Morgan fingerprint density at radius 1 is 1.33 bits per heavy atom. The van der Waals surface area contributed by atoms with Gasteiger partial charge in [-0.05, 0) is 24.1 Å². The predicted octanol–water partition coefficient (Wildman–Crippen LogP) is 0.231. The number of amides is 1. The Bertz CT molecular complexity index is 481. The Morgan fingerprint density at radius 2 is 2.05 bits per heavy atom. The number of β-amino-alcohol motifs (C(OH)–C–C–N with tert-alkyl or cyclic N) is 1. The van der Waals surface area contributed by atoms with Gasteiger partial charge >= 0.3 is 0 Å². The number of nitrogens with one attached hydrogen (secondary N) is 2. The minimum Gasteiger partial charge on any atom is -0.390 e. The number of nitrogens with zero attached hydrogens (tertiary/aromatic N) is 1. The Balaban J connectivity index is 1.43. The number of aliphatic hydroxyl groups is 1. The number of carbonyl (C=O) groups excluding carboxylic acids is 1. The molecule has 2 heterocycles. The van der Waals surface area contributed by atoms with E-state index in [9.17, 15) is 9.90 Å². The van der Waals surface area contributed by atoms with Gasteiger partial charge in [0.25, 0.3) is 0 Å². The molecule has 1 fully saturated rings. The molecule has 114 valence electrons. The first kappa shape index (κ1) is 14.5. The van der Waals surface area contributed by atoms with Crippen molar-refractivity contribution in [2.45, 2.75) is 38.1 Å². The quantitative estimate of drug-likeness (QED) is 0.742. The normalized spacial score (nSPS) is 25.6. The fourth-order valence-corrected chi connectivity index (χ4v) is 3.11. The van der Waals surface area contributed by atoms with Gasteiger partial charge in [-0.1, -0.05) is 24.3 Å². The molecule has 2 aliphatic rings. The summed E-state index contributed by atoms with van der Waals surface area (Å²) in [5.74, 6) is 0.0388. The van der Waals surface area contributed by atoms with E-state index >= 15 is 0 Å². The van der Waals surface area contributed by atoms with Gasteiger partial charge in [0.2, 0.25) is 5.91 Å². The molecule has 1 amide bonds. The summed E-state index contributed by atoms with van der Waals surface area (Å²) < 4.78 is 0. The second kappa shape index (κ2) is 6.56. The standard InChI is InChI=1S/C16H23N3O2/c20-15-9-17-7-5-14(15)18-16(21)6-8-19-10-12-3-1-2-4-13(12)11-19/h1-4,14-15,17,20H,5-11H2,(H,18,21)/t14-,15-/m1/s1. The molecule has 0 radical (unpaired) electrons. The van der Waals surface area contributed by atoms with Crippen molar-refractivity contribution >= 4 is 5.91 Å². The van der Waals surface area contributed by atoms with E-state index in [4.69, 9.17) is 0 Å². The van der Waals surface area contributed by atoms with Gasteiger partial charge in [0.05, 0.1) is 12.1 Å². The number of benzene rings is 1. The average molecular weight is 289 g/mol. The third-order valence-corrected chi connectivity index (χ3v) is 4.36. The first-order valence-electron chi connectivity index (χ1n) is 7.69. The predicted molar refractivity (Wildman–Crippen MR) is 80.6 cm³/mol. The van der Waals surface area contributed by atoms with Crippen LogP contribution in [-0.2, 0) is 17.9 Å². The minimum atomic E-state index is -0.473. The van der Waals surface area contributed by atoms with Crippen LogP contribution < -0.4 is 10.6 Å². The molecule has 0 aromatic heterocycles. The molecule has 21 heavy (non-hydrogen) atoms. The van der Waals surface area contributed by atoms with Crippen molar-refractivity contribution < 1.29 is 9.90 Å². The molecule has 0 saturated carbocycles. The highest BCUT2D eigenvalue weighted by Gasteiger charge is 2.25. The lowest BCUT2D eigenvalue weighted by Crippen LogP contribution is -2.52. The Hall–Kier alpha value is -1.43. The Kier molecular flexibility index (Phi) is 4.53. The Labute approximate surface area is 125 Å². The van der Waals surface area contributed by atoms with Crippen molar-refractivity contribution in [2.24, 2.45) is 0 Å². The van der Waals surface area contributed by atoms with Crippen LogP contribution in [0.4, 0.5) is 0 Å². The van der Waals surface area contributed by atoms with Crippen LogP contribution >= 0.6 is 0 Å². The van der Waals surface area contributed by atoms with Crippen LogP contribution in [0.15, 0.2) is 24.3 Å². The maximum atomic E-state index is 12.0. The molecule has 3 rings (SSSR count). The summed E-state index contributed by atoms with van der Waals surface area (Å²) in [4.78, 5) is 14.3. The van der Waals surface area contributed by atoms with Crippen molar-refractivity contribution in [2.75, 3.05) is 19.6 Å². The number of piperidine rings is 1. The molecule has 2 aliphatic heterocycles. The van der Waals surface area contributed by atoms with Crippen molar-refractivity contribution in [1.82, 2.24) is 15.5 Å². The van der Waals surface area contributed by atoms with Crippen molar-refractivity contribution in [1.29, 1.82) is 0 Å². The van der Waals surface area contributed by atoms with Gasteiger partial charge in [-0.25, -0.2) is 0 Å². The maximum absolute atomic E-state index is 12.0. The largest absolute Gasteiger partial charge is 0.390 e. The average Bonchev–Trinajstić information content (AvgIpc) is 2.90. The Morgan fingerprint density at radius 3 is 2.71 bits per heavy atom. The van der Waals surface area contributed by atoms with E-state index in [1.54, 1.807) is 0 Å². The molecule has 5 nitrogen and oxygen atoms in total. The van der Waals surface area contributed by atoms with E-state index in [-0.39, 0.29) is 11.9 Å². The zero-order valence-corrected chi connectivity index (χ0v) is 12.2. The van der Waals surface area contributed by atoms with Crippen molar-refractivity contribution in [3.05, 3.63) is 35.4 Å². The van der Waals surface area contributed by atoms with Gasteiger partial charge in [-0.2, -0.15) is 0 Å². The summed E-state index contributed by atoms with van der Waals surface area (Å²) in [6.45, 7) is 4.04. The van der Waals surface area contributed by atoms with Crippen LogP contribution in [0, 0.1) is 0 Å². The van der Waals surface area contributed by atoms with E-state index < -0.39 is 6.10 Å². The highest BCUT2D eigenvalue weighted by molar-refractivity contribution is 5.76. The zero-order valence-electron chi connectivity index (χ0n) is 12.2.